The van der Waals surface area contributed by atoms with E-state index < -0.39 is 5.76 Å². The SMILES string of the molecule is O=C(Cn1c(SC(F)F)nc2ccccc21)N1CCCC1c1ccccc1. The Bertz CT molecular complexity index is 945. The number of benzene rings is 2. The summed E-state index contributed by atoms with van der Waals surface area (Å²) in [4.78, 5) is 19.2. The van der Waals surface area contributed by atoms with Crippen LogP contribution in [0.5, 0.6) is 0 Å². The molecular weight excluding hydrogens is 368 g/mol. The summed E-state index contributed by atoms with van der Waals surface area (Å²) >= 11 is 0.380. The summed E-state index contributed by atoms with van der Waals surface area (Å²) in [6, 6.07) is 17.2. The standard InChI is InChI=1S/C20H19F2N3OS/c21-19(22)27-20-23-15-9-4-5-10-17(15)25(20)13-18(26)24-12-6-11-16(24)14-7-2-1-3-8-14/h1-5,7-10,16,19H,6,11-13H2. The second-order valence-corrected chi connectivity index (χ2v) is 7.46. The van der Waals surface area contributed by atoms with Crippen molar-refractivity contribution < 1.29 is 13.6 Å². The van der Waals surface area contributed by atoms with Crippen molar-refractivity contribution in [3.63, 3.8) is 0 Å². The lowest BCUT2D eigenvalue weighted by molar-refractivity contribution is -0.132. The van der Waals surface area contributed by atoms with Crippen molar-refractivity contribution in [2.45, 2.75) is 36.3 Å². The molecule has 1 saturated heterocycles. The van der Waals surface area contributed by atoms with Crippen molar-refractivity contribution in [1.82, 2.24) is 14.5 Å². The molecule has 140 valence electrons. The van der Waals surface area contributed by atoms with Crippen LogP contribution in [-0.4, -0.2) is 32.7 Å². The molecule has 0 spiro atoms. The number of nitrogens with zero attached hydrogens (tertiary/aromatic N) is 3. The van der Waals surface area contributed by atoms with Gasteiger partial charge in [-0.05, 0) is 42.3 Å². The van der Waals surface area contributed by atoms with E-state index in [9.17, 15) is 13.6 Å². The fourth-order valence-electron chi connectivity index (χ4n) is 3.69. The third-order valence-electron chi connectivity index (χ3n) is 4.86. The van der Waals surface area contributed by atoms with E-state index in [1.807, 2.05) is 53.4 Å². The van der Waals surface area contributed by atoms with Gasteiger partial charge in [-0.15, -0.1) is 0 Å². The van der Waals surface area contributed by atoms with E-state index in [-0.39, 0.29) is 23.7 Å². The van der Waals surface area contributed by atoms with Gasteiger partial charge in [0.15, 0.2) is 5.16 Å². The molecule has 1 aliphatic rings. The number of carbonyl (C=O) groups is 1. The molecule has 2 aromatic carbocycles. The summed E-state index contributed by atoms with van der Waals surface area (Å²) in [6.07, 6.45) is 1.85. The summed E-state index contributed by atoms with van der Waals surface area (Å²) in [5, 5.41) is 0.176. The lowest BCUT2D eigenvalue weighted by Gasteiger charge is -2.25. The number of para-hydroxylation sites is 2. The topological polar surface area (TPSA) is 38.1 Å². The van der Waals surface area contributed by atoms with E-state index in [1.54, 1.807) is 10.6 Å². The van der Waals surface area contributed by atoms with E-state index in [2.05, 4.69) is 4.98 Å². The van der Waals surface area contributed by atoms with Gasteiger partial charge >= 0.3 is 0 Å². The number of aromatic nitrogens is 2. The van der Waals surface area contributed by atoms with E-state index in [4.69, 9.17) is 0 Å². The monoisotopic (exact) mass is 387 g/mol. The van der Waals surface area contributed by atoms with Crippen LogP contribution in [0, 0.1) is 0 Å². The van der Waals surface area contributed by atoms with Crippen molar-refractivity contribution in [1.29, 1.82) is 0 Å². The fourth-order valence-corrected chi connectivity index (χ4v) is 4.29. The number of imidazole rings is 1. The van der Waals surface area contributed by atoms with Crippen LogP contribution in [0.3, 0.4) is 0 Å². The van der Waals surface area contributed by atoms with E-state index >= 15 is 0 Å². The molecule has 0 aliphatic carbocycles. The quantitative estimate of drug-likeness (QED) is 0.595. The molecule has 1 unspecified atom stereocenters. The summed E-state index contributed by atoms with van der Waals surface area (Å²) < 4.78 is 27.5. The maximum Gasteiger partial charge on any atom is 0.291 e. The summed E-state index contributed by atoms with van der Waals surface area (Å²) in [7, 11) is 0. The number of likely N-dealkylation sites (tertiary alicyclic amines) is 1. The fraction of sp³-hybridized carbons (Fsp3) is 0.300. The zero-order valence-electron chi connectivity index (χ0n) is 14.6. The lowest BCUT2D eigenvalue weighted by Crippen LogP contribution is -2.33. The number of fused-ring (bicyclic) bond motifs is 1. The van der Waals surface area contributed by atoms with Gasteiger partial charge in [-0.3, -0.25) is 4.79 Å². The normalized spacial score (nSPS) is 17.1. The van der Waals surface area contributed by atoms with Gasteiger partial charge in [0.2, 0.25) is 5.91 Å². The maximum atomic E-state index is 13.1. The van der Waals surface area contributed by atoms with Crippen molar-refractivity contribution >= 4 is 28.7 Å². The van der Waals surface area contributed by atoms with Gasteiger partial charge in [-0.1, -0.05) is 42.5 Å². The average Bonchev–Trinajstić information content (AvgIpc) is 3.28. The summed E-state index contributed by atoms with van der Waals surface area (Å²) in [6.45, 7) is 0.696. The van der Waals surface area contributed by atoms with Gasteiger partial charge in [0, 0.05) is 6.54 Å². The highest BCUT2D eigenvalue weighted by Gasteiger charge is 2.30. The van der Waals surface area contributed by atoms with E-state index in [0.29, 0.717) is 29.3 Å². The largest absolute Gasteiger partial charge is 0.334 e. The first-order valence-electron chi connectivity index (χ1n) is 8.88. The van der Waals surface area contributed by atoms with E-state index in [0.717, 1.165) is 18.4 Å². The van der Waals surface area contributed by atoms with Crippen molar-refractivity contribution in [3.8, 4) is 0 Å². The smallest absolute Gasteiger partial charge is 0.291 e. The second kappa shape index (κ2) is 7.68. The molecular formula is C20H19F2N3OS. The van der Waals surface area contributed by atoms with Crippen LogP contribution in [0.2, 0.25) is 0 Å². The number of alkyl halides is 2. The maximum absolute atomic E-state index is 13.1. The van der Waals surface area contributed by atoms with Crippen LogP contribution in [-0.2, 0) is 11.3 Å². The Hall–Kier alpha value is -2.41. The molecule has 1 aromatic heterocycles. The molecule has 0 bridgehead atoms. The Morgan fingerprint density at radius 1 is 1.15 bits per heavy atom. The molecule has 4 rings (SSSR count). The molecule has 1 aliphatic heterocycles. The molecule has 0 radical (unpaired) electrons. The Morgan fingerprint density at radius 3 is 2.67 bits per heavy atom. The molecule has 2 heterocycles. The third-order valence-corrected chi connectivity index (χ3v) is 5.57. The highest BCUT2D eigenvalue weighted by molar-refractivity contribution is 7.99. The molecule has 4 nitrogen and oxygen atoms in total. The molecule has 0 saturated carbocycles. The molecule has 3 aromatic rings. The minimum atomic E-state index is -2.58. The third kappa shape index (κ3) is 3.69. The predicted molar refractivity (Wildman–Crippen MR) is 102 cm³/mol. The van der Waals surface area contributed by atoms with Crippen LogP contribution in [0.25, 0.3) is 11.0 Å². The van der Waals surface area contributed by atoms with Gasteiger partial charge in [0.1, 0.15) is 6.54 Å². The lowest BCUT2D eigenvalue weighted by atomic mass is 10.0. The number of hydrogen-bond acceptors (Lipinski definition) is 3. The van der Waals surface area contributed by atoms with Gasteiger partial charge < -0.3 is 9.47 Å². The number of rotatable bonds is 5. The Morgan fingerprint density at radius 2 is 1.89 bits per heavy atom. The summed E-state index contributed by atoms with van der Waals surface area (Å²) in [5.41, 5.74) is 2.43. The first-order chi connectivity index (χ1) is 13.1. The van der Waals surface area contributed by atoms with Crippen LogP contribution in [0.1, 0.15) is 24.4 Å². The molecule has 7 heteroatoms. The number of hydrogen-bond donors (Lipinski definition) is 0. The molecule has 27 heavy (non-hydrogen) atoms. The van der Waals surface area contributed by atoms with Gasteiger partial charge in [0.25, 0.3) is 5.76 Å². The first-order valence-corrected chi connectivity index (χ1v) is 9.76. The summed E-state index contributed by atoms with van der Waals surface area (Å²) in [5.74, 6) is -2.65. The van der Waals surface area contributed by atoms with Gasteiger partial charge in [-0.2, -0.15) is 8.78 Å². The van der Waals surface area contributed by atoms with Crippen LogP contribution in [0.4, 0.5) is 8.78 Å². The van der Waals surface area contributed by atoms with Crippen molar-refractivity contribution in [2.24, 2.45) is 0 Å². The first kappa shape index (κ1) is 18.0. The zero-order valence-corrected chi connectivity index (χ0v) is 15.4. The average molecular weight is 387 g/mol. The van der Waals surface area contributed by atoms with Crippen LogP contribution < -0.4 is 0 Å². The van der Waals surface area contributed by atoms with Crippen LogP contribution >= 0.6 is 11.8 Å². The molecule has 1 amide bonds. The Kier molecular flexibility index (Phi) is 5.11. The number of halogens is 2. The Labute approximate surface area is 160 Å². The molecule has 0 N–H and O–H groups in total. The molecule has 1 atom stereocenters. The van der Waals surface area contributed by atoms with Crippen LogP contribution in [0.15, 0.2) is 59.8 Å². The minimum absolute atomic E-state index is 0.0128. The minimum Gasteiger partial charge on any atom is -0.334 e. The van der Waals surface area contributed by atoms with Gasteiger partial charge in [-0.25, -0.2) is 4.98 Å². The van der Waals surface area contributed by atoms with E-state index in [1.165, 1.54) is 0 Å². The highest BCUT2D eigenvalue weighted by atomic mass is 32.2. The van der Waals surface area contributed by atoms with Gasteiger partial charge in [0.05, 0.1) is 17.1 Å². The molecule has 1 fully saturated rings. The predicted octanol–water partition coefficient (Wildman–Crippen LogP) is 4.71. The second-order valence-electron chi connectivity index (χ2n) is 6.50. The van der Waals surface area contributed by atoms with Crippen molar-refractivity contribution in [3.05, 3.63) is 60.2 Å². The Balaban J connectivity index is 1.62. The van der Waals surface area contributed by atoms with Crippen molar-refractivity contribution in [2.75, 3.05) is 6.54 Å². The number of thioether (sulfide) groups is 1. The number of amides is 1. The zero-order chi connectivity index (χ0) is 18.8. The number of carbonyl (C=O) groups excluding carboxylic acids is 1. The highest BCUT2D eigenvalue weighted by Crippen LogP contribution is 2.33.